The van der Waals surface area contributed by atoms with Gasteiger partial charge in [-0.3, -0.25) is 14.7 Å². The average molecular weight is 350 g/mol. The highest BCUT2D eigenvalue weighted by Crippen LogP contribution is 2.34. The summed E-state index contributed by atoms with van der Waals surface area (Å²) in [7, 11) is 1.88. The van der Waals surface area contributed by atoms with Gasteiger partial charge in [0.15, 0.2) is 5.96 Å². The normalized spacial score (nSPS) is 29.0. The molecule has 6 heteroatoms. The number of piperazine rings is 1. The van der Waals surface area contributed by atoms with Crippen LogP contribution >= 0.6 is 0 Å². The van der Waals surface area contributed by atoms with Crippen LogP contribution < -0.4 is 5.32 Å². The summed E-state index contributed by atoms with van der Waals surface area (Å²) >= 11 is 0. The Bertz CT molecular complexity index is 480. The van der Waals surface area contributed by atoms with Crippen LogP contribution in [0.4, 0.5) is 0 Å². The first-order chi connectivity index (χ1) is 12.1. The Morgan fingerprint density at radius 3 is 2.40 bits per heavy atom. The second-order valence-corrected chi connectivity index (χ2v) is 7.81. The summed E-state index contributed by atoms with van der Waals surface area (Å²) in [6, 6.07) is 0.625. The molecule has 0 aromatic heterocycles. The summed E-state index contributed by atoms with van der Waals surface area (Å²) < 4.78 is 0. The van der Waals surface area contributed by atoms with Gasteiger partial charge in [-0.25, -0.2) is 0 Å². The smallest absolute Gasteiger partial charge is 0.239 e. The van der Waals surface area contributed by atoms with Crippen LogP contribution in [-0.4, -0.2) is 85.0 Å². The van der Waals surface area contributed by atoms with Crippen LogP contribution in [0.1, 0.15) is 46.0 Å². The second-order valence-electron chi connectivity index (χ2n) is 7.81. The molecule has 3 atom stereocenters. The monoisotopic (exact) mass is 349 g/mol. The van der Waals surface area contributed by atoms with E-state index in [0.717, 1.165) is 64.0 Å². The molecule has 142 valence electrons. The molecule has 0 aromatic rings. The molecule has 1 aliphatic carbocycles. The molecule has 6 nitrogen and oxygen atoms in total. The quantitative estimate of drug-likeness (QED) is 0.602. The summed E-state index contributed by atoms with van der Waals surface area (Å²) in [5.74, 6) is 2.19. The molecule has 1 amide bonds. The van der Waals surface area contributed by atoms with Gasteiger partial charge in [0, 0.05) is 52.4 Å². The van der Waals surface area contributed by atoms with Crippen molar-refractivity contribution in [1.29, 1.82) is 0 Å². The lowest BCUT2D eigenvalue weighted by atomic mass is 10.2. The number of aliphatic imine (C=N–C) groups is 1. The number of hydrogen-bond donors (Lipinski definition) is 1. The lowest BCUT2D eigenvalue weighted by Gasteiger charge is -2.39. The number of rotatable bonds is 5. The van der Waals surface area contributed by atoms with Crippen LogP contribution in [0.25, 0.3) is 0 Å². The first kappa shape index (κ1) is 18.5. The number of hydrogen-bond acceptors (Lipinski definition) is 3. The summed E-state index contributed by atoms with van der Waals surface area (Å²) in [6.07, 6.45) is 6.19. The molecule has 0 radical (unpaired) electrons. The van der Waals surface area contributed by atoms with Gasteiger partial charge in [-0.1, -0.05) is 13.3 Å². The molecular formula is C19H35N5O. The zero-order chi connectivity index (χ0) is 17.8. The Morgan fingerprint density at radius 1 is 1.12 bits per heavy atom. The Morgan fingerprint density at radius 2 is 1.80 bits per heavy atom. The van der Waals surface area contributed by atoms with Crippen LogP contribution in [0.5, 0.6) is 0 Å². The minimum absolute atomic E-state index is 0.00703. The van der Waals surface area contributed by atoms with Gasteiger partial charge in [0.25, 0.3) is 0 Å². The van der Waals surface area contributed by atoms with Crippen LogP contribution in [-0.2, 0) is 4.79 Å². The first-order valence-corrected chi connectivity index (χ1v) is 10.1. The fourth-order valence-corrected chi connectivity index (χ4v) is 4.26. The Balaban J connectivity index is 1.45. The van der Waals surface area contributed by atoms with Crippen molar-refractivity contribution in [3.05, 3.63) is 0 Å². The molecule has 2 aliphatic heterocycles. The van der Waals surface area contributed by atoms with E-state index >= 15 is 0 Å². The van der Waals surface area contributed by atoms with Crippen molar-refractivity contribution in [2.24, 2.45) is 10.9 Å². The molecule has 3 rings (SSSR count). The highest BCUT2D eigenvalue weighted by Gasteiger charge is 2.38. The largest absolute Gasteiger partial charge is 0.353 e. The third-order valence-corrected chi connectivity index (χ3v) is 6.04. The number of amides is 1. The van der Waals surface area contributed by atoms with Crippen LogP contribution in [0.3, 0.4) is 0 Å². The van der Waals surface area contributed by atoms with E-state index in [4.69, 9.17) is 0 Å². The van der Waals surface area contributed by atoms with E-state index in [1.165, 1.54) is 19.3 Å². The van der Waals surface area contributed by atoms with Crippen molar-refractivity contribution < 1.29 is 4.79 Å². The predicted molar refractivity (Wildman–Crippen MR) is 102 cm³/mol. The maximum Gasteiger partial charge on any atom is 0.239 e. The standard InChI is InChI=1S/C19H35N5O/c1-4-7-16-14-17(16)21-19(20-3)24-12-10-22(11-13-24)15(2)18(25)23-8-5-6-9-23/h15-17H,4-14H2,1-3H3,(H,20,21). The van der Waals surface area contributed by atoms with E-state index in [9.17, 15) is 4.79 Å². The van der Waals surface area contributed by atoms with Gasteiger partial charge >= 0.3 is 0 Å². The van der Waals surface area contributed by atoms with Gasteiger partial charge in [0.1, 0.15) is 0 Å². The Hall–Kier alpha value is -1.30. The van der Waals surface area contributed by atoms with E-state index in [0.29, 0.717) is 11.9 Å². The summed E-state index contributed by atoms with van der Waals surface area (Å²) in [4.78, 5) is 23.8. The van der Waals surface area contributed by atoms with E-state index < -0.39 is 0 Å². The minimum atomic E-state index is 0.00703. The summed E-state index contributed by atoms with van der Waals surface area (Å²) in [5.41, 5.74) is 0. The second kappa shape index (κ2) is 8.39. The van der Waals surface area contributed by atoms with Crippen LogP contribution in [0.2, 0.25) is 0 Å². The maximum atomic E-state index is 12.6. The highest BCUT2D eigenvalue weighted by molar-refractivity contribution is 5.82. The zero-order valence-corrected chi connectivity index (χ0v) is 16.2. The summed E-state index contributed by atoms with van der Waals surface area (Å²) in [6.45, 7) is 9.98. The Labute approximate surface area is 152 Å². The molecule has 3 fully saturated rings. The average Bonchev–Trinajstić information content (AvgIpc) is 3.14. The molecule has 1 N–H and O–H groups in total. The maximum absolute atomic E-state index is 12.6. The molecule has 1 saturated carbocycles. The number of nitrogens with zero attached hydrogens (tertiary/aromatic N) is 4. The van der Waals surface area contributed by atoms with Gasteiger partial charge in [-0.05, 0) is 38.5 Å². The fourth-order valence-electron chi connectivity index (χ4n) is 4.26. The lowest BCUT2D eigenvalue weighted by Crippen LogP contribution is -2.57. The molecule has 3 aliphatic rings. The van der Waals surface area contributed by atoms with Gasteiger partial charge in [0.05, 0.1) is 6.04 Å². The Kier molecular flexibility index (Phi) is 6.20. The first-order valence-electron chi connectivity index (χ1n) is 10.1. The molecule has 2 heterocycles. The van der Waals surface area contributed by atoms with Gasteiger partial charge in [0.2, 0.25) is 5.91 Å². The van der Waals surface area contributed by atoms with Crippen LogP contribution in [0, 0.1) is 5.92 Å². The zero-order valence-electron chi connectivity index (χ0n) is 16.2. The molecule has 2 saturated heterocycles. The summed E-state index contributed by atoms with van der Waals surface area (Å²) in [5, 5.41) is 3.64. The van der Waals surface area contributed by atoms with Gasteiger partial charge < -0.3 is 15.1 Å². The molecule has 0 aromatic carbocycles. The third kappa shape index (κ3) is 4.46. The van der Waals surface area contributed by atoms with Crippen molar-refractivity contribution in [2.75, 3.05) is 46.3 Å². The van der Waals surface area contributed by atoms with E-state index in [2.05, 4.69) is 34.0 Å². The number of likely N-dealkylation sites (tertiary alicyclic amines) is 1. The molecular weight excluding hydrogens is 314 g/mol. The van der Waals surface area contributed by atoms with Crippen molar-refractivity contribution in [3.63, 3.8) is 0 Å². The molecule has 0 bridgehead atoms. The van der Waals surface area contributed by atoms with Crippen LogP contribution in [0.15, 0.2) is 4.99 Å². The van der Waals surface area contributed by atoms with E-state index in [1.54, 1.807) is 0 Å². The number of nitrogens with one attached hydrogen (secondary N) is 1. The van der Waals surface area contributed by atoms with Gasteiger partial charge in [-0.2, -0.15) is 0 Å². The molecule has 0 spiro atoms. The van der Waals surface area contributed by atoms with E-state index in [-0.39, 0.29) is 6.04 Å². The topological polar surface area (TPSA) is 51.2 Å². The highest BCUT2D eigenvalue weighted by atomic mass is 16.2. The van der Waals surface area contributed by atoms with Crippen molar-refractivity contribution in [1.82, 2.24) is 20.0 Å². The third-order valence-electron chi connectivity index (χ3n) is 6.04. The SMILES string of the molecule is CCCC1CC1NC(=NC)N1CCN(C(C)C(=O)N2CCCC2)CC1. The minimum Gasteiger partial charge on any atom is -0.353 e. The lowest BCUT2D eigenvalue weighted by molar-refractivity contribution is -0.135. The van der Waals surface area contributed by atoms with E-state index in [1.807, 2.05) is 11.9 Å². The number of carbonyl (C=O) groups is 1. The van der Waals surface area contributed by atoms with Crippen molar-refractivity contribution in [3.8, 4) is 0 Å². The van der Waals surface area contributed by atoms with Gasteiger partial charge in [-0.15, -0.1) is 0 Å². The molecule has 3 unspecified atom stereocenters. The predicted octanol–water partition coefficient (Wildman–Crippen LogP) is 1.38. The van der Waals surface area contributed by atoms with Crippen molar-refractivity contribution in [2.45, 2.75) is 58.0 Å². The fraction of sp³-hybridized carbons (Fsp3) is 0.895. The number of guanidine groups is 1. The number of carbonyl (C=O) groups excluding carboxylic acids is 1. The van der Waals surface area contributed by atoms with Crippen molar-refractivity contribution >= 4 is 11.9 Å². The molecule has 25 heavy (non-hydrogen) atoms.